The molecule has 0 radical (unpaired) electrons. The van der Waals surface area contributed by atoms with Crippen LogP contribution in [0.1, 0.15) is 78.6 Å². The standard InChI is InChI=1S/C19H38O2Si/c1-4-16-19(20)21-17-14-12-10-8-7-9-11-13-15-18-22(5-2)6-3/h4,16,22H,5-15,17-18H2,1-3H3. The summed E-state index contributed by atoms with van der Waals surface area (Å²) in [7, 11) is -0.326. The van der Waals surface area contributed by atoms with Crippen LogP contribution in [0.2, 0.25) is 18.1 Å². The van der Waals surface area contributed by atoms with Gasteiger partial charge < -0.3 is 4.74 Å². The fraction of sp³-hybridized carbons (Fsp3) is 0.842. The summed E-state index contributed by atoms with van der Waals surface area (Å²) >= 11 is 0. The van der Waals surface area contributed by atoms with Gasteiger partial charge in [-0.1, -0.05) is 89.4 Å². The van der Waals surface area contributed by atoms with E-state index in [-0.39, 0.29) is 14.8 Å². The second-order valence-corrected chi connectivity index (χ2v) is 10.3. The number of unbranched alkanes of at least 4 members (excludes halogenated alkanes) is 8. The minimum absolute atomic E-state index is 0.209. The normalized spacial score (nSPS) is 11.5. The Balaban J connectivity index is 3.16. The minimum atomic E-state index is -0.326. The van der Waals surface area contributed by atoms with Crippen molar-refractivity contribution in [3.05, 3.63) is 12.2 Å². The molecular weight excluding hydrogens is 288 g/mol. The van der Waals surface area contributed by atoms with Crippen LogP contribution in [0.15, 0.2) is 12.2 Å². The summed E-state index contributed by atoms with van der Waals surface area (Å²) in [6.07, 6.45) is 15.1. The molecule has 0 saturated carbocycles. The van der Waals surface area contributed by atoms with E-state index in [9.17, 15) is 4.79 Å². The molecule has 0 atom stereocenters. The van der Waals surface area contributed by atoms with E-state index in [0.29, 0.717) is 6.61 Å². The summed E-state index contributed by atoms with van der Waals surface area (Å²) in [5.74, 6) is -0.209. The van der Waals surface area contributed by atoms with Crippen LogP contribution in [-0.4, -0.2) is 21.4 Å². The molecule has 0 aromatic carbocycles. The Morgan fingerprint density at radius 1 is 0.864 bits per heavy atom. The van der Waals surface area contributed by atoms with E-state index < -0.39 is 0 Å². The maximum atomic E-state index is 11.1. The van der Waals surface area contributed by atoms with Crippen LogP contribution >= 0.6 is 0 Å². The highest BCUT2D eigenvalue weighted by Crippen LogP contribution is 2.14. The van der Waals surface area contributed by atoms with Gasteiger partial charge in [-0.2, -0.15) is 0 Å². The van der Waals surface area contributed by atoms with Crippen molar-refractivity contribution in [1.82, 2.24) is 0 Å². The van der Waals surface area contributed by atoms with Gasteiger partial charge in [0.25, 0.3) is 0 Å². The molecule has 0 aliphatic rings. The topological polar surface area (TPSA) is 26.3 Å². The van der Waals surface area contributed by atoms with Crippen molar-refractivity contribution in [2.75, 3.05) is 6.61 Å². The van der Waals surface area contributed by atoms with Gasteiger partial charge in [-0.3, -0.25) is 0 Å². The lowest BCUT2D eigenvalue weighted by atomic mass is 10.1. The Bertz CT molecular complexity index is 273. The summed E-state index contributed by atoms with van der Waals surface area (Å²) in [5, 5.41) is 0. The Morgan fingerprint density at radius 3 is 1.86 bits per heavy atom. The van der Waals surface area contributed by atoms with Crippen LogP contribution in [0.3, 0.4) is 0 Å². The summed E-state index contributed by atoms with van der Waals surface area (Å²) in [4.78, 5) is 11.1. The number of allylic oxidation sites excluding steroid dienone is 1. The molecule has 0 fully saturated rings. The molecule has 0 amide bonds. The molecule has 2 nitrogen and oxygen atoms in total. The highest BCUT2D eigenvalue weighted by atomic mass is 28.3. The summed E-state index contributed by atoms with van der Waals surface area (Å²) in [6.45, 7) is 7.15. The predicted molar refractivity (Wildman–Crippen MR) is 100 cm³/mol. The maximum absolute atomic E-state index is 11.1. The third kappa shape index (κ3) is 14.4. The smallest absolute Gasteiger partial charge is 0.330 e. The third-order valence-corrected chi connectivity index (χ3v) is 7.99. The number of rotatable bonds is 15. The molecule has 0 N–H and O–H groups in total. The van der Waals surface area contributed by atoms with Crippen LogP contribution in [0.5, 0.6) is 0 Å². The van der Waals surface area contributed by atoms with E-state index in [1.807, 2.05) is 6.92 Å². The lowest BCUT2D eigenvalue weighted by Crippen LogP contribution is -2.07. The highest BCUT2D eigenvalue weighted by Gasteiger charge is 2.04. The van der Waals surface area contributed by atoms with Crippen LogP contribution in [-0.2, 0) is 9.53 Å². The van der Waals surface area contributed by atoms with E-state index in [2.05, 4.69) is 13.8 Å². The molecular formula is C19H38O2Si. The summed E-state index contributed by atoms with van der Waals surface area (Å²) < 4.78 is 5.07. The number of ether oxygens (including phenoxy) is 1. The molecule has 0 heterocycles. The van der Waals surface area contributed by atoms with Crippen molar-refractivity contribution in [2.24, 2.45) is 0 Å². The van der Waals surface area contributed by atoms with Gasteiger partial charge in [0.2, 0.25) is 0 Å². The second kappa shape index (κ2) is 16.8. The van der Waals surface area contributed by atoms with Gasteiger partial charge in [-0.25, -0.2) is 4.79 Å². The molecule has 0 saturated heterocycles. The van der Waals surface area contributed by atoms with Crippen LogP contribution < -0.4 is 0 Å². The molecule has 22 heavy (non-hydrogen) atoms. The highest BCUT2D eigenvalue weighted by molar-refractivity contribution is 6.58. The van der Waals surface area contributed by atoms with Crippen molar-refractivity contribution in [2.45, 2.75) is 96.7 Å². The van der Waals surface area contributed by atoms with Gasteiger partial charge in [0, 0.05) is 14.9 Å². The molecule has 0 bridgehead atoms. The van der Waals surface area contributed by atoms with E-state index in [1.165, 1.54) is 69.5 Å². The zero-order chi connectivity index (χ0) is 16.5. The van der Waals surface area contributed by atoms with Crippen molar-refractivity contribution in [1.29, 1.82) is 0 Å². The number of carbonyl (C=O) groups is 1. The predicted octanol–water partition coefficient (Wildman–Crippen LogP) is 5.88. The molecule has 0 aromatic heterocycles. The first-order valence-electron chi connectivity index (χ1n) is 9.54. The molecule has 130 valence electrons. The van der Waals surface area contributed by atoms with Crippen molar-refractivity contribution in [3.8, 4) is 0 Å². The Hall–Kier alpha value is -0.573. The first kappa shape index (κ1) is 21.4. The molecule has 0 unspecified atom stereocenters. The van der Waals surface area contributed by atoms with E-state index in [0.717, 1.165) is 6.42 Å². The lowest BCUT2D eigenvalue weighted by molar-refractivity contribution is -0.137. The second-order valence-electron chi connectivity index (χ2n) is 6.32. The number of hydrogen-bond acceptors (Lipinski definition) is 2. The SMILES string of the molecule is CC=CC(=O)OCCCCCCCCCCC[SiH](CC)CC. The number of carbonyl (C=O) groups excluding carboxylic acids is 1. The average Bonchev–Trinajstić information content (AvgIpc) is 2.52. The van der Waals surface area contributed by atoms with Crippen LogP contribution in [0.4, 0.5) is 0 Å². The zero-order valence-electron chi connectivity index (χ0n) is 15.2. The van der Waals surface area contributed by atoms with Gasteiger partial charge in [-0.05, 0) is 13.3 Å². The Labute approximate surface area is 140 Å². The van der Waals surface area contributed by atoms with Crippen LogP contribution in [0, 0.1) is 0 Å². The lowest BCUT2D eigenvalue weighted by Gasteiger charge is -2.09. The fourth-order valence-electron chi connectivity index (χ4n) is 2.83. The summed E-state index contributed by atoms with van der Waals surface area (Å²) in [5.41, 5.74) is 0. The van der Waals surface area contributed by atoms with E-state index >= 15 is 0 Å². The molecule has 3 heteroatoms. The average molecular weight is 327 g/mol. The fourth-order valence-corrected chi connectivity index (χ4v) is 5.09. The van der Waals surface area contributed by atoms with E-state index in [4.69, 9.17) is 4.74 Å². The number of esters is 1. The monoisotopic (exact) mass is 326 g/mol. The first-order chi connectivity index (χ1) is 10.7. The van der Waals surface area contributed by atoms with Gasteiger partial charge >= 0.3 is 5.97 Å². The van der Waals surface area contributed by atoms with Crippen molar-refractivity contribution in [3.63, 3.8) is 0 Å². The quantitative estimate of drug-likeness (QED) is 0.162. The zero-order valence-corrected chi connectivity index (χ0v) is 16.4. The molecule has 0 aliphatic heterocycles. The Kier molecular flexibility index (Phi) is 16.4. The van der Waals surface area contributed by atoms with Crippen LogP contribution in [0.25, 0.3) is 0 Å². The molecule has 0 rings (SSSR count). The van der Waals surface area contributed by atoms with Gasteiger partial charge in [0.05, 0.1) is 6.61 Å². The van der Waals surface area contributed by atoms with Gasteiger partial charge in [0.15, 0.2) is 0 Å². The van der Waals surface area contributed by atoms with Crippen molar-refractivity contribution >= 4 is 14.8 Å². The molecule has 0 aromatic rings. The molecule has 0 aliphatic carbocycles. The third-order valence-electron chi connectivity index (χ3n) is 4.46. The maximum Gasteiger partial charge on any atom is 0.330 e. The molecule has 0 spiro atoms. The van der Waals surface area contributed by atoms with Gasteiger partial charge in [0.1, 0.15) is 0 Å². The minimum Gasteiger partial charge on any atom is -0.463 e. The summed E-state index contributed by atoms with van der Waals surface area (Å²) in [6, 6.07) is 4.54. The van der Waals surface area contributed by atoms with Crippen molar-refractivity contribution < 1.29 is 9.53 Å². The number of hydrogen-bond donors (Lipinski definition) is 0. The van der Waals surface area contributed by atoms with E-state index in [1.54, 1.807) is 12.1 Å². The van der Waals surface area contributed by atoms with Gasteiger partial charge in [-0.15, -0.1) is 0 Å². The largest absolute Gasteiger partial charge is 0.463 e. The Morgan fingerprint density at radius 2 is 1.36 bits per heavy atom. The first-order valence-corrected chi connectivity index (χ1v) is 12.0.